The van der Waals surface area contributed by atoms with E-state index < -0.39 is 34.7 Å². The van der Waals surface area contributed by atoms with E-state index in [4.69, 9.17) is 10.7 Å². The molecule has 1 aliphatic rings. The van der Waals surface area contributed by atoms with Gasteiger partial charge in [0.15, 0.2) is 0 Å². The van der Waals surface area contributed by atoms with Crippen LogP contribution in [0.15, 0.2) is 28.0 Å². The lowest BCUT2D eigenvalue weighted by Crippen LogP contribution is -2.34. The number of hydrogen-bond donors (Lipinski definition) is 1. The second-order valence-corrected chi connectivity index (χ2v) is 9.03. The molecule has 1 unspecified atom stereocenters. The molecule has 0 amide bonds. The highest BCUT2D eigenvalue weighted by molar-refractivity contribution is 8.13. The van der Waals surface area contributed by atoms with Gasteiger partial charge in [0.2, 0.25) is 10.0 Å². The summed E-state index contributed by atoms with van der Waals surface area (Å²) >= 11 is 0. The second-order valence-electron chi connectivity index (χ2n) is 4.78. The van der Waals surface area contributed by atoms with E-state index in [1.807, 2.05) is 0 Å². The normalized spacial score (nSPS) is 17.9. The molecular weight excluding hydrogens is 329 g/mol. The lowest BCUT2D eigenvalue weighted by atomic mass is 10.2. The molecule has 0 saturated heterocycles. The van der Waals surface area contributed by atoms with Crippen LogP contribution in [0.2, 0.25) is 0 Å². The topological polar surface area (TPSA) is 80.3 Å². The van der Waals surface area contributed by atoms with Gasteiger partial charge in [0, 0.05) is 16.7 Å². The van der Waals surface area contributed by atoms with Crippen LogP contribution in [-0.4, -0.2) is 22.9 Å². The largest absolute Gasteiger partial charge is 0.261 e. The maximum absolute atomic E-state index is 13.8. The standard InChI is InChI=1S/C11H13ClFNO4S2/c1-7(8-2-3-8)14-20(17,18)11-5-4-9(6-10(11)13)19(12,15)16/h4-8,14H,2-3H2,1H3. The zero-order chi connectivity index (χ0) is 15.1. The molecule has 1 saturated carbocycles. The number of halogens is 2. The zero-order valence-corrected chi connectivity index (χ0v) is 12.9. The van der Waals surface area contributed by atoms with Crippen molar-refractivity contribution in [2.45, 2.75) is 35.6 Å². The van der Waals surface area contributed by atoms with Crippen LogP contribution in [0.25, 0.3) is 0 Å². The predicted molar refractivity (Wildman–Crippen MR) is 71.9 cm³/mol. The molecule has 1 aliphatic carbocycles. The third-order valence-corrected chi connectivity index (χ3v) is 6.09. The summed E-state index contributed by atoms with van der Waals surface area (Å²) < 4.78 is 62.3. The number of nitrogens with one attached hydrogen (secondary N) is 1. The third kappa shape index (κ3) is 3.49. The van der Waals surface area contributed by atoms with Crippen molar-refractivity contribution in [2.24, 2.45) is 5.92 Å². The molecule has 0 radical (unpaired) electrons. The minimum atomic E-state index is -4.10. The fraction of sp³-hybridized carbons (Fsp3) is 0.455. The van der Waals surface area contributed by atoms with Crippen LogP contribution in [0.5, 0.6) is 0 Å². The lowest BCUT2D eigenvalue weighted by Gasteiger charge is -2.13. The Balaban J connectivity index is 2.32. The highest BCUT2D eigenvalue weighted by Crippen LogP contribution is 2.33. The number of benzene rings is 1. The van der Waals surface area contributed by atoms with Crippen LogP contribution >= 0.6 is 10.7 Å². The summed E-state index contributed by atoms with van der Waals surface area (Å²) in [6.07, 6.45) is 1.88. The smallest absolute Gasteiger partial charge is 0.208 e. The molecule has 0 aliphatic heterocycles. The minimum Gasteiger partial charge on any atom is -0.208 e. The van der Waals surface area contributed by atoms with Gasteiger partial charge in [-0.2, -0.15) is 0 Å². The summed E-state index contributed by atoms with van der Waals surface area (Å²) in [7, 11) is -3.05. The van der Waals surface area contributed by atoms with E-state index in [0.29, 0.717) is 6.07 Å². The summed E-state index contributed by atoms with van der Waals surface area (Å²) in [6, 6.07) is 2.17. The molecule has 2 rings (SSSR count). The highest BCUT2D eigenvalue weighted by atomic mass is 35.7. The molecule has 0 heterocycles. The number of sulfonamides is 1. The molecule has 1 fully saturated rings. The van der Waals surface area contributed by atoms with Crippen molar-refractivity contribution in [3.8, 4) is 0 Å². The molecule has 20 heavy (non-hydrogen) atoms. The number of rotatable bonds is 5. The quantitative estimate of drug-likeness (QED) is 0.828. The van der Waals surface area contributed by atoms with E-state index in [0.717, 1.165) is 25.0 Å². The van der Waals surface area contributed by atoms with E-state index in [-0.39, 0.29) is 12.0 Å². The Morgan fingerprint density at radius 1 is 1.30 bits per heavy atom. The second kappa shape index (κ2) is 5.25. The monoisotopic (exact) mass is 341 g/mol. The molecule has 0 spiro atoms. The molecule has 112 valence electrons. The first-order valence-electron chi connectivity index (χ1n) is 5.88. The van der Waals surface area contributed by atoms with Crippen molar-refractivity contribution >= 4 is 29.8 Å². The molecule has 0 aromatic heterocycles. The van der Waals surface area contributed by atoms with Gasteiger partial charge in [0.05, 0.1) is 4.90 Å². The van der Waals surface area contributed by atoms with E-state index in [1.54, 1.807) is 6.92 Å². The molecule has 1 aromatic rings. The Labute approximate surface area is 121 Å². The van der Waals surface area contributed by atoms with Crippen molar-refractivity contribution in [1.29, 1.82) is 0 Å². The van der Waals surface area contributed by atoms with Crippen molar-refractivity contribution < 1.29 is 21.2 Å². The van der Waals surface area contributed by atoms with Gasteiger partial charge in [-0.1, -0.05) is 0 Å². The maximum Gasteiger partial charge on any atom is 0.261 e. The number of hydrogen-bond acceptors (Lipinski definition) is 4. The first kappa shape index (κ1) is 15.7. The Kier molecular flexibility index (Phi) is 4.12. The van der Waals surface area contributed by atoms with E-state index in [1.165, 1.54) is 0 Å². The molecule has 5 nitrogen and oxygen atoms in total. The van der Waals surface area contributed by atoms with Crippen LogP contribution in [0.3, 0.4) is 0 Å². The summed E-state index contributed by atoms with van der Waals surface area (Å²) in [6.45, 7) is 1.71. The zero-order valence-electron chi connectivity index (χ0n) is 10.5. The van der Waals surface area contributed by atoms with Crippen LogP contribution in [-0.2, 0) is 19.1 Å². The average Bonchev–Trinajstić information content (AvgIpc) is 3.10. The third-order valence-electron chi connectivity index (χ3n) is 3.14. The van der Waals surface area contributed by atoms with Gasteiger partial charge < -0.3 is 0 Å². The van der Waals surface area contributed by atoms with Gasteiger partial charge in [-0.05, 0) is 43.9 Å². The van der Waals surface area contributed by atoms with Gasteiger partial charge in [-0.25, -0.2) is 25.9 Å². The molecule has 1 N–H and O–H groups in total. The van der Waals surface area contributed by atoms with Crippen LogP contribution in [0.1, 0.15) is 19.8 Å². The van der Waals surface area contributed by atoms with Gasteiger partial charge in [0.25, 0.3) is 9.05 Å². The van der Waals surface area contributed by atoms with Crippen LogP contribution in [0, 0.1) is 11.7 Å². The van der Waals surface area contributed by atoms with E-state index in [2.05, 4.69) is 4.72 Å². The van der Waals surface area contributed by atoms with E-state index in [9.17, 15) is 21.2 Å². The molecule has 1 aromatic carbocycles. The molecule has 0 bridgehead atoms. The molecule has 9 heteroatoms. The van der Waals surface area contributed by atoms with E-state index >= 15 is 0 Å². The summed E-state index contributed by atoms with van der Waals surface area (Å²) in [4.78, 5) is -1.07. The Morgan fingerprint density at radius 2 is 1.90 bits per heavy atom. The highest BCUT2D eigenvalue weighted by Gasteiger charge is 2.32. The van der Waals surface area contributed by atoms with Crippen LogP contribution < -0.4 is 4.72 Å². The Hall–Kier alpha value is -0.700. The van der Waals surface area contributed by atoms with Gasteiger partial charge in [-0.15, -0.1) is 0 Å². The first-order chi connectivity index (χ1) is 9.11. The molecule has 1 atom stereocenters. The summed E-state index contributed by atoms with van der Waals surface area (Å²) in [5.41, 5.74) is 0. The maximum atomic E-state index is 13.8. The fourth-order valence-electron chi connectivity index (χ4n) is 1.85. The Bertz CT molecular complexity index is 729. The van der Waals surface area contributed by atoms with Crippen molar-refractivity contribution in [1.82, 2.24) is 4.72 Å². The Morgan fingerprint density at radius 3 is 2.35 bits per heavy atom. The average molecular weight is 342 g/mol. The lowest BCUT2D eigenvalue weighted by molar-refractivity contribution is 0.525. The first-order valence-corrected chi connectivity index (χ1v) is 9.67. The fourth-order valence-corrected chi connectivity index (χ4v) is 3.99. The van der Waals surface area contributed by atoms with Gasteiger partial charge in [-0.3, -0.25) is 0 Å². The summed E-state index contributed by atoms with van der Waals surface area (Å²) in [5, 5.41) is 0. The minimum absolute atomic E-state index is 0.273. The SMILES string of the molecule is CC(NS(=O)(=O)c1ccc(S(=O)(=O)Cl)cc1F)C1CC1. The van der Waals surface area contributed by atoms with Gasteiger partial charge in [0.1, 0.15) is 10.7 Å². The predicted octanol–water partition coefficient (Wildman–Crippen LogP) is 1.83. The molecular formula is C11H13ClFNO4S2. The van der Waals surface area contributed by atoms with Gasteiger partial charge >= 0.3 is 0 Å². The van der Waals surface area contributed by atoms with Crippen LogP contribution in [0.4, 0.5) is 4.39 Å². The summed E-state index contributed by atoms with van der Waals surface area (Å²) in [5.74, 6) is -0.877. The van der Waals surface area contributed by atoms with Crippen molar-refractivity contribution in [3.63, 3.8) is 0 Å². The van der Waals surface area contributed by atoms with Crippen molar-refractivity contribution in [3.05, 3.63) is 24.0 Å². The van der Waals surface area contributed by atoms with Crippen molar-refractivity contribution in [2.75, 3.05) is 0 Å².